The highest BCUT2D eigenvalue weighted by molar-refractivity contribution is 6.03. The summed E-state index contributed by atoms with van der Waals surface area (Å²) in [5, 5.41) is 2.70. The first kappa shape index (κ1) is 13.1. The molecule has 0 fully saturated rings. The third-order valence-electron chi connectivity index (χ3n) is 4.73. The van der Waals surface area contributed by atoms with Crippen molar-refractivity contribution in [2.45, 2.75) is 32.6 Å². The number of fused-ring (bicyclic) bond motifs is 3. The molecule has 2 aromatic carbocycles. The summed E-state index contributed by atoms with van der Waals surface area (Å²) in [7, 11) is 2.17. The van der Waals surface area contributed by atoms with Crippen molar-refractivity contribution < 1.29 is 4.58 Å². The predicted molar refractivity (Wildman–Crippen MR) is 87.3 cm³/mol. The minimum Gasteiger partial charge on any atom is -0.201 e. The Morgan fingerprint density at radius 2 is 1.90 bits per heavy atom. The summed E-state index contributed by atoms with van der Waals surface area (Å²) in [6.45, 7) is 6.77. The Kier molecular flexibility index (Phi) is 3.01. The molecule has 1 aliphatic heterocycles. The van der Waals surface area contributed by atoms with Crippen LogP contribution in [0.2, 0.25) is 0 Å². The molecule has 20 heavy (non-hydrogen) atoms. The molecule has 1 aliphatic rings. The van der Waals surface area contributed by atoms with Gasteiger partial charge in [-0.25, -0.2) is 4.58 Å². The lowest BCUT2D eigenvalue weighted by atomic mass is 9.77. The van der Waals surface area contributed by atoms with Crippen LogP contribution >= 0.6 is 0 Å². The van der Waals surface area contributed by atoms with Crippen molar-refractivity contribution >= 4 is 22.2 Å². The molecule has 102 valence electrons. The molecule has 0 saturated heterocycles. The second kappa shape index (κ2) is 4.59. The zero-order valence-corrected chi connectivity index (χ0v) is 12.8. The lowest BCUT2D eigenvalue weighted by Crippen LogP contribution is -2.27. The molecule has 0 amide bonds. The van der Waals surface area contributed by atoms with Gasteiger partial charge in [-0.05, 0) is 30.2 Å². The van der Waals surface area contributed by atoms with Crippen LogP contribution in [-0.4, -0.2) is 17.3 Å². The summed E-state index contributed by atoms with van der Waals surface area (Å²) in [6, 6.07) is 13.2. The molecule has 0 spiro atoms. The average molecular weight is 264 g/mol. The lowest BCUT2D eigenvalue weighted by molar-refractivity contribution is -0.402. The SMILES string of the molecule is CCC=CC1(C)C(C)=[N+](C)c2ccc3ccccc3c21. The van der Waals surface area contributed by atoms with Gasteiger partial charge in [0.15, 0.2) is 5.71 Å². The quantitative estimate of drug-likeness (QED) is 0.541. The van der Waals surface area contributed by atoms with Crippen LogP contribution in [0.1, 0.15) is 32.8 Å². The second-order valence-electron chi connectivity index (χ2n) is 5.84. The third-order valence-corrected chi connectivity index (χ3v) is 4.73. The molecule has 0 bridgehead atoms. The van der Waals surface area contributed by atoms with E-state index in [1.54, 1.807) is 0 Å². The maximum Gasteiger partial charge on any atom is 0.210 e. The van der Waals surface area contributed by atoms with E-state index in [1.165, 1.54) is 27.7 Å². The molecule has 0 radical (unpaired) electrons. The summed E-state index contributed by atoms with van der Waals surface area (Å²) in [5.74, 6) is 0. The number of hydrogen-bond donors (Lipinski definition) is 0. The molecule has 0 aromatic heterocycles. The number of benzene rings is 2. The first-order valence-electron chi connectivity index (χ1n) is 7.37. The van der Waals surface area contributed by atoms with Gasteiger partial charge in [-0.15, -0.1) is 0 Å². The molecule has 0 saturated carbocycles. The number of rotatable bonds is 2. The summed E-state index contributed by atoms with van der Waals surface area (Å²) in [6.07, 6.45) is 5.73. The molecular formula is C19H22N+. The molecule has 0 aliphatic carbocycles. The van der Waals surface area contributed by atoms with E-state index in [-0.39, 0.29) is 5.41 Å². The van der Waals surface area contributed by atoms with Gasteiger partial charge in [0.2, 0.25) is 5.69 Å². The van der Waals surface area contributed by atoms with Crippen molar-refractivity contribution in [3.8, 4) is 0 Å². The standard InChI is InChI=1S/C19H22N/c1-5-6-13-19(3)14(2)20(4)17-12-11-15-9-7-8-10-16(15)18(17)19/h6-13H,5H2,1-4H3/q+1. The Morgan fingerprint density at radius 3 is 2.65 bits per heavy atom. The predicted octanol–water partition coefficient (Wildman–Crippen LogP) is 4.81. The van der Waals surface area contributed by atoms with Crippen LogP contribution in [-0.2, 0) is 5.41 Å². The van der Waals surface area contributed by atoms with Gasteiger partial charge in [0.25, 0.3) is 0 Å². The van der Waals surface area contributed by atoms with Gasteiger partial charge in [-0.3, -0.25) is 0 Å². The van der Waals surface area contributed by atoms with Gasteiger partial charge in [0, 0.05) is 13.0 Å². The molecule has 0 N–H and O–H groups in total. The van der Waals surface area contributed by atoms with Crippen LogP contribution in [0.4, 0.5) is 5.69 Å². The summed E-state index contributed by atoms with van der Waals surface area (Å²) >= 11 is 0. The van der Waals surface area contributed by atoms with Crippen LogP contribution in [0.25, 0.3) is 10.8 Å². The van der Waals surface area contributed by atoms with E-state index < -0.39 is 0 Å². The summed E-state index contributed by atoms with van der Waals surface area (Å²) in [5.41, 5.74) is 4.18. The van der Waals surface area contributed by atoms with Crippen molar-refractivity contribution in [3.05, 3.63) is 54.1 Å². The maximum absolute atomic E-state index is 2.37. The second-order valence-corrected chi connectivity index (χ2v) is 5.84. The van der Waals surface area contributed by atoms with E-state index in [0.29, 0.717) is 0 Å². The lowest BCUT2D eigenvalue weighted by Gasteiger charge is -2.19. The molecule has 1 nitrogen and oxygen atoms in total. The topological polar surface area (TPSA) is 3.01 Å². The summed E-state index contributed by atoms with van der Waals surface area (Å²) < 4.78 is 2.34. The van der Waals surface area contributed by atoms with Crippen LogP contribution in [0.15, 0.2) is 48.6 Å². The van der Waals surface area contributed by atoms with Gasteiger partial charge >= 0.3 is 0 Å². The highest BCUT2D eigenvalue weighted by Gasteiger charge is 2.44. The van der Waals surface area contributed by atoms with Crippen LogP contribution in [0, 0.1) is 0 Å². The Labute approximate surface area is 121 Å². The van der Waals surface area contributed by atoms with Crippen LogP contribution in [0.5, 0.6) is 0 Å². The molecule has 1 atom stereocenters. The minimum atomic E-state index is 0.000949. The Morgan fingerprint density at radius 1 is 1.15 bits per heavy atom. The molecule has 1 heteroatoms. The highest BCUT2D eigenvalue weighted by Crippen LogP contribution is 2.44. The number of allylic oxidation sites excluding steroid dienone is 2. The smallest absolute Gasteiger partial charge is 0.201 e. The van der Waals surface area contributed by atoms with Gasteiger partial charge in [-0.1, -0.05) is 43.3 Å². The zero-order valence-electron chi connectivity index (χ0n) is 12.8. The third kappa shape index (κ3) is 1.66. The van der Waals surface area contributed by atoms with E-state index in [0.717, 1.165) is 6.42 Å². The monoisotopic (exact) mass is 264 g/mol. The van der Waals surface area contributed by atoms with Crippen molar-refractivity contribution in [2.24, 2.45) is 0 Å². The number of hydrogen-bond acceptors (Lipinski definition) is 0. The summed E-state index contributed by atoms with van der Waals surface area (Å²) in [4.78, 5) is 0. The Balaban J connectivity index is 2.37. The van der Waals surface area contributed by atoms with E-state index in [4.69, 9.17) is 0 Å². The molecule has 3 rings (SSSR count). The molecule has 1 heterocycles. The fraction of sp³-hybridized carbons (Fsp3) is 0.316. The zero-order chi connectivity index (χ0) is 14.3. The van der Waals surface area contributed by atoms with Crippen molar-refractivity contribution in [1.82, 2.24) is 0 Å². The van der Waals surface area contributed by atoms with E-state index in [1.807, 2.05) is 0 Å². The fourth-order valence-corrected chi connectivity index (χ4v) is 3.35. The van der Waals surface area contributed by atoms with Crippen LogP contribution in [0.3, 0.4) is 0 Å². The molecular weight excluding hydrogens is 242 g/mol. The maximum atomic E-state index is 2.37. The van der Waals surface area contributed by atoms with Gasteiger partial charge in [0.05, 0.1) is 11.0 Å². The van der Waals surface area contributed by atoms with Crippen molar-refractivity contribution in [1.29, 1.82) is 0 Å². The average Bonchev–Trinajstić information content (AvgIpc) is 2.68. The van der Waals surface area contributed by atoms with Crippen molar-refractivity contribution in [2.75, 3.05) is 7.05 Å². The number of nitrogens with zero attached hydrogens (tertiary/aromatic N) is 1. The fourth-order valence-electron chi connectivity index (χ4n) is 3.35. The minimum absolute atomic E-state index is 0.000949. The van der Waals surface area contributed by atoms with E-state index >= 15 is 0 Å². The molecule has 1 unspecified atom stereocenters. The normalized spacial score (nSPS) is 22.0. The van der Waals surface area contributed by atoms with E-state index in [9.17, 15) is 0 Å². The van der Waals surface area contributed by atoms with Gasteiger partial charge in [0.1, 0.15) is 7.05 Å². The Hall–Kier alpha value is -1.89. The van der Waals surface area contributed by atoms with Gasteiger partial charge in [-0.2, -0.15) is 0 Å². The van der Waals surface area contributed by atoms with E-state index in [2.05, 4.69) is 80.9 Å². The first-order valence-corrected chi connectivity index (χ1v) is 7.37. The largest absolute Gasteiger partial charge is 0.210 e. The molecule has 2 aromatic rings. The first-order chi connectivity index (χ1) is 9.59. The highest BCUT2D eigenvalue weighted by atomic mass is 15.0. The Bertz CT molecular complexity index is 737. The van der Waals surface area contributed by atoms with Gasteiger partial charge < -0.3 is 0 Å². The van der Waals surface area contributed by atoms with Crippen LogP contribution < -0.4 is 0 Å². The van der Waals surface area contributed by atoms with Crippen molar-refractivity contribution in [3.63, 3.8) is 0 Å².